The van der Waals surface area contributed by atoms with E-state index in [1.165, 1.54) is 16.4 Å². The average Bonchev–Trinajstić information content (AvgIpc) is 3.11. The summed E-state index contributed by atoms with van der Waals surface area (Å²) < 4.78 is 32.0. The minimum absolute atomic E-state index is 0.0442. The van der Waals surface area contributed by atoms with Gasteiger partial charge in [-0.15, -0.1) is 0 Å². The van der Waals surface area contributed by atoms with Crippen molar-refractivity contribution in [3.05, 3.63) is 24.3 Å². The molecule has 2 heterocycles. The molecule has 27 heavy (non-hydrogen) atoms. The Morgan fingerprint density at radius 1 is 1.22 bits per heavy atom. The number of nitrogens with zero attached hydrogens (tertiary/aromatic N) is 2. The predicted molar refractivity (Wildman–Crippen MR) is 96.9 cm³/mol. The maximum absolute atomic E-state index is 12.7. The van der Waals surface area contributed by atoms with Crippen LogP contribution in [0.25, 0.3) is 0 Å². The van der Waals surface area contributed by atoms with Gasteiger partial charge in [0, 0.05) is 18.8 Å². The second-order valence-electron chi connectivity index (χ2n) is 6.56. The Kier molecular flexibility index (Phi) is 6.10. The fourth-order valence-corrected chi connectivity index (χ4v) is 4.80. The third-order valence-electron chi connectivity index (χ3n) is 4.72. The molecular formula is C17H23N3O6S. The molecule has 0 unspecified atom stereocenters. The molecule has 2 fully saturated rings. The van der Waals surface area contributed by atoms with E-state index in [4.69, 9.17) is 4.74 Å². The van der Waals surface area contributed by atoms with Crippen molar-refractivity contribution in [1.29, 1.82) is 0 Å². The molecule has 2 aliphatic heterocycles. The number of likely N-dealkylation sites (tertiary alicyclic amines) is 1. The fourth-order valence-electron chi connectivity index (χ4n) is 3.35. The van der Waals surface area contributed by atoms with Gasteiger partial charge in [0.05, 0.1) is 24.7 Å². The number of carboxylic acids is 1. The lowest BCUT2D eigenvalue weighted by molar-refractivity contribution is -0.142. The van der Waals surface area contributed by atoms with Gasteiger partial charge in [0.15, 0.2) is 0 Å². The van der Waals surface area contributed by atoms with Gasteiger partial charge >= 0.3 is 5.97 Å². The minimum Gasteiger partial charge on any atom is -0.480 e. The Morgan fingerprint density at radius 2 is 1.96 bits per heavy atom. The van der Waals surface area contributed by atoms with Crippen LogP contribution in [0.3, 0.4) is 0 Å². The summed E-state index contributed by atoms with van der Waals surface area (Å²) in [6, 6.07) is 5.43. The summed E-state index contributed by atoms with van der Waals surface area (Å²) in [6.07, 6.45) is 1.26. The van der Waals surface area contributed by atoms with Gasteiger partial charge in [-0.25, -0.2) is 8.42 Å². The maximum Gasteiger partial charge on any atom is 0.320 e. The SMILES string of the molecule is O=C(CN1CCC[C@H]1C(=O)O)Nc1cccc(S(=O)(=O)N2CCOCC2)c1. The van der Waals surface area contributed by atoms with Gasteiger partial charge in [0.1, 0.15) is 6.04 Å². The Morgan fingerprint density at radius 3 is 2.67 bits per heavy atom. The summed E-state index contributed by atoms with van der Waals surface area (Å²) in [5.74, 6) is -1.30. The van der Waals surface area contributed by atoms with Crippen LogP contribution in [-0.2, 0) is 24.3 Å². The van der Waals surface area contributed by atoms with Crippen LogP contribution in [0.5, 0.6) is 0 Å². The number of carbonyl (C=O) groups excluding carboxylic acids is 1. The van der Waals surface area contributed by atoms with Gasteiger partial charge in [0.25, 0.3) is 0 Å². The number of aliphatic carboxylic acids is 1. The number of nitrogens with one attached hydrogen (secondary N) is 1. The summed E-state index contributed by atoms with van der Waals surface area (Å²) in [6.45, 7) is 1.81. The molecule has 2 N–H and O–H groups in total. The first-order chi connectivity index (χ1) is 12.9. The first-order valence-corrected chi connectivity index (χ1v) is 10.3. The summed E-state index contributed by atoms with van der Waals surface area (Å²) in [5.41, 5.74) is 0.361. The van der Waals surface area contributed by atoms with E-state index >= 15 is 0 Å². The molecule has 2 aliphatic rings. The van der Waals surface area contributed by atoms with E-state index in [1.54, 1.807) is 17.0 Å². The van der Waals surface area contributed by atoms with E-state index in [1.807, 2.05) is 0 Å². The smallest absolute Gasteiger partial charge is 0.320 e. The third kappa shape index (κ3) is 4.64. The number of ether oxygens (including phenoxy) is 1. The van der Waals surface area contributed by atoms with Crippen molar-refractivity contribution in [3.63, 3.8) is 0 Å². The van der Waals surface area contributed by atoms with Crippen LogP contribution in [0.1, 0.15) is 12.8 Å². The Hall–Kier alpha value is -2.01. The third-order valence-corrected chi connectivity index (χ3v) is 6.62. The van der Waals surface area contributed by atoms with Gasteiger partial charge in [-0.2, -0.15) is 4.31 Å². The monoisotopic (exact) mass is 397 g/mol. The lowest BCUT2D eigenvalue weighted by atomic mass is 10.2. The van der Waals surface area contributed by atoms with Crippen molar-refractivity contribution >= 4 is 27.6 Å². The number of amides is 1. The van der Waals surface area contributed by atoms with Crippen LogP contribution in [0.4, 0.5) is 5.69 Å². The van der Waals surface area contributed by atoms with Crippen molar-refractivity contribution < 1.29 is 27.9 Å². The van der Waals surface area contributed by atoms with Crippen LogP contribution in [0.2, 0.25) is 0 Å². The van der Waals surface area contributed by atoms with Crippen molar-refractivity contribution in [3.8, 4) is 0 Å². The van der Waals surface area contributed by atoms with Gasteiger partial charge in [-0.1, -0.05) is 6.07 Å². The van der Waals surface area contributed by atoms with Gasteiger partial charge in [-0.05, 0) is 37.6 Å². The first kappa shape index (κ1) is 19.7. The van der Waals surface area contributed by atoms with Crippen LogP contribution in [-0.4, -0.2) is 80.0 Å². The van der Waals surface area contributed by atoms with Gasteiger partial charge in [0.2, 0.25) is 15.9 Å². The van der Waals surface area contributed by atoms with Crippen molar-refractivity contribution in [1.82, 2.24) is 9.21 Å². The molecule has 1 aromatic rings. The van der Waals surface area contributed by atoms with E-state index < -0.39 is 22.0 Å². The Balaban J connectivity index is 1.67. The molecule has 0 bridgehead atoms. The van der Waals surface area contributed by atoms with Crippen molar-refractivity contribution in [2.75, 3.05) is 44.7 Å². The van der Waals surface area contributed by atoms with E-state index in [9.17, 15) is 23.1 Å². The standard InChI is InChI=1S/C17H23N3O6S/c21-16(12-19-6-2-5-15(19)17(22)23)18-13-3-1-4-14(11-13)27(24,25)20-7-9-26-10-8-20/h1,3-4,11,15H,2,5-10,12H2,(H,18,21)(H,22,23)/t15-/m0/s1. The summed E-state index contributed by atoms with van der Waals surface area (Å²) in [5, 5.41) is 11.8. The van der Waals surface area contributed by atoms with E-state index in [0.717, 1.165) is 6.42 Å². The zero-order valence-electron chi connectivity index (χ0n) is 14.8. The molecule has 3 rings (SSSR count). The highest BCUT2D eigenvalue weighted by Crippen LogP contribution is 2.21. The first-order valence-electron chi connectivity index (χ1n) is 8.82. The molecule has 2 saturated heterocycles. The van der Waals surface area contributed by atoms with Crippen LogP contribution < -0.4 is 5.32 Å². The quantitative estimate of drug-likeness (QED) is 0.704. The molecule has 9 nitrogen and oxygen atoms in total. The zero-order valence-corrected chi connectivity index (χ0v) is 15.7. The molecule has 1 aromatic carbocycles. The number of benzene rings is 1. The molecule has 0 spiro atoms. The molecule has 0 radical (unpaired) electrons. The zero-order chi connectivity index (χ0) is 19.4. The van der Waals surface area contributed by atoms with Gasteiger partial charge in [-0.3, -0.25) is 14.5 Å². The van der Waals surface area contributed by atoms with Gasteiger partial charge < -0.3 is 15.2 Å². The number of rotatable bonds is 6. The van der Waals surface area contributed by atoms with Crippen LogP contribution in [0, 0.1) is 0 Å². The normalized spacial score (nSPS) is 21.9. The minimum atomic E-state index is -3.65. The molecular weight excluding hydrogens is 374 g/mol. The lowest BCUT2D eigenvalue weighted by Gasteiger charge is -2.26. The number of carboxylic acid groups (broad SMARTS) is 1. The second kappa shape index (κ2) is 8.34. The number of carbonyl (C=O) groups is 2. The number of anilines is 1. The molecule has 0 aromatic heterocycles. The highest BCUT2D eigenvalue weighted by Gasteiger charge is 2.31. The molecule has 10 heteroatoms. The van der Waals surface area contributed by atoms with E-state index in [2.05, 4.69) is 5.32 Å². The fraction of sp³-hybridized carbons (Fsp3) is 0.529. The van der Waals surface area contributed by atoms with Crippen LogP contribution >= 0.6 is 0 Å². The summed E-state index contributed by atoms with van der Waals surface area (Å²) in [4.78, 5) is 25.2. The van der Waals surface area contributed by atoms with Crippen molar-refractivity contribution in [2.45, 2.75) is 23.8 Å². The largest absolute Gasteiger partial charge is 0.480 e. The number of morpholine rings is 1. The Bertz CT molecular complexity index is 807. The summed E-state index contributed by atoms with van der Waals surface area (Å²) in [7, 11) is -3.65. The summed E-state index contributed by atoms with van der Waals surface area (Å²) >= 11 is 0. The van der Waals surface area contributed by atoms with E-state index in [0.29, 0.717) is 45.0 Å². The maximum atomic E-state index is 12.7. The van der Waals surface area contributed by atoms with E-state index in [-0.39, 0.29) is 17.3 Å². The molecule has 1 amide bonds. The second-order valence-corrected chi connectivity index (χ2v) is 8.50. The average molecular weight is 397 g/mol. The highest BCUT2D eigenvalue weighted by molar-refractivity contribution is 7.89. The highest BCUT2D eigenvalue weighted by atomic mass is 32.2. The predicted octanol–water partition coefficient (Wildman–Crippen LogP) is 0.195. The number of sulfonamides is 1. The lowest BCUT2D eigenvalue weighted by Crippen LogP contribution is -2.41. The molecule has 1 atom stereocenters. The molecule has 0 saturated carbocycles. The number of hydrogen-bond acceptors (Lipinski definition) is 6. The molecule has 0 aliphatic carbocycles. The topological polar surface area (TPSA) is 116 Å². The van der Waals surface area contributed by atoms with Crippen LogP contribution in [0.15, 0.2) is 29.2 Å². The Labute approximate surface area is 157 Å². The number of hydrogen-bond donors (Lipinski definition) is 2. The molecule has 148 valence electrons. The van der Waals surface area contributed by atoms with Crippen molar-refractivity contribution in [2.24, 2.45) is 0 Å².